The van der Waals surface area contributed by atoms with E-state index in [0.717, 1.165) is 12.0 Å². The van der Waals surface area contributed by atoms with Gasteiger partial charge in [0.1, 0.15) is 0 Å². The Morgan fingerprint density at radius 2 is 2.20 bits per heavy atom. The molecule has 1 atom stereocenters. The van der Waals surface area contributed by atoms with E-state index in [1.165, 1.54) is 0 Å². The van der Waals surface area contributed by atoms with Gasteiger partial charge in [0.15, 0.2) is 0 Å². The standard InChI is InChI=1S/C13H14N2/c1-3-13(4-2)15-10-12-8-6-5-7-11(12)9-14/h1,5-8,13,15H,4,10H2,2H3. The molecule has 0 heterocycles. The summed E-state index contributed by atoms with van der Waals surface area (Å²) in [4.78, 5) is 0. The SMILES string of the molecule is C#CC(CC)NCc1ccccc1C#N. The molecule has 0 spiro atoms. The Morgan fingerprint density at radius 1 is 1.47 bits per heavy atom. The van der Waals surface area contributed by atoms with Gasteiger partial charge in [-0.2, -0.15) is 5.26 Å². The van der Waals surface area contributed by atoms with Crippen LogP contribution in [0, 0.1) is 23.7 Å². The Balaban J connectivity index is 2.66. The number of nitrogens with zero attached hydrogens (tertiary/aromatic N) is 1. The van der Waals surface area contributed by atoms with Gasteiger partial charge in [-0.3, -0.25) is 5.32 Å². The first-order chi connectivity index (χ1) is 7.31. The fourth-order valence-corrected chi connectivity index (χ4v) is 1.34. The van der Waals surface area contributed by atoms with E-state index in [4.69, 9.17) is 11.7 Å². The largest absolute Gasteiger partial charge is 0.300 e. The van der Waals surface area contributed by atoms with Crippen molar-refractivity contribution in [3.05, 3.63) is 35.4 Å². The minimum Gasteiger partial charge on any atom is -0.300 e. The summed E-state index contributed by atoms with van der Waals surface area (Å²) in [5.74, 6) is 2.67. The van der Waals surface area contributed by atoms with Gasteiger partial charge in [-0.05, 0) is 18.1 Å². The second-order valence-electron chi connectivity index (χ2n) is 3.28. The van der Waals surface area contributed by atoms with Crippen LogP contribution in [-0.2, 0) is 6.54 Å². The van der Waals surface area contributed by atoms with Crippen molar-refractivity contribution < 1.29 is 0 Å². The number of rotatable bonds is 4. The second kappa shape index (κ2) is 5.86. The molecule has 0 saturated carbocycles. The lowest BCUT2D eigenvalue weighted by Gasteiger charge is -2.11. The van der Waals surface area contributed by atoms with Gasteiger partial charge < -0.3 is 0 Å². The third kappa shape index (κ3) is 3.13. The first-order valence-corrected chi connectivity index (χ1v) is 4.99. The monoisotopic (exact) mass is 198 g/mol. The van der Waals surface area contributed by atoms with E-state index >= 15 is 0 Å². The Morgan fingerprint density at radius 3 is 2.80 bits per heavy atom. The molecule has 1 N–H and O–H groups in total. The van der Waals surface area contributed by atoms with Gasteiger partial charge in [0.2, 0.25) is 0 Å². The summed E-state index contributed by atoms with van der Waals surface area (Å²) < 4.78 is 0. The first-order valence-electron chi connectivity index (χ1n) is 4.99. The molecule has 0 amide bonds. The zero-order valence-corrected chi connectivity index (χ0v) is 8.83. The molecule has 1 unspecified atom stereocenters. The van der Waals surface area contributed by atoms with Crippen molar-refractivity contribution in [1.82, 2.24) is 5.32 Å². The van der Waals surface area contributed by atoms with Crippen LogP contribution in [0.3, 0.4) is 0 Å². The molecule has 1 rings (SSSR count). The molecule has 15 heavy (non-hydrogen) atoms. The number of hydrogen-bond donors (Lipinski definition) is 1. The van der Waals surface area contributed by atoms with Crippen molar-refractivity contribution in [3.8, 4) is 18.4 Å². The highest BCUT2D eigenvalue weighted by Gasteiger charge is 2.03. The minimum atomic E-state index is 0.0803. The van der Waals surface area contributed by atoms with Crippen molar-refractivity contribution in [1.29, 1.82) is 5.26 Å². The zero-order chi connectivity index (χ0) is 11.1. The maximum Gasteiger partial charge on any atom is 0.0995 e. The van der Waals surface area contributed by atoms with Gasteiger partial charge in [-0.15, -0.1) is 6.42 Å². The van der Waals surface area contributed by atoms with E-state index in [9.17, 15) is 0 Å². The third-order valence-electron chi connectivity index (χ3n) is 2.29. The summed E-state index contributed by atoms with van der Waals surface area (Å²) >= 11 is 0. The lowest BCUT2D eigenvalue weighted by atomic mass is 10.1. The highest BCUT2D eigenvalue weighted by molar-refractivity contribution is 5.37. The van der Waals surface area contributed by atoms with Gasteiger partial charge in [-0.1, -0.05) is 31.0 Å². The molecule has 0 bridgehead atoms. The molecule has 0 aromatic heterocycles. The van der Waals surface area contributed by atoms with Crippen LogP contribution in [0.15, 0.2) is 24.3 Å². The summed E-state index contributed by atoms with van der Waals surface area (Å²) in [6, 6.07) is 9.78. The molecule has 0 saturated heterocycles. The number of nitriles is 1. The van der Waals surface area contributed by atoms with Crippen LogP contribution in [0.1, 0.15) is 24.5 Å². The van der Waals surface area contributed by atoms with Crippen LogP contribution in [0.2, 0.25) is 0 Å². The van der Waals surface area contributed by atoms with Gasteiger partial charge >= 0.3 is 0 Å². The van der Waals surface area contributed by atoms with Gasteiger partial charge in [0.25, 0.3) is 0 Å². The lowest BCUT2D eigenvalue weighted by molar-refractivity contribution is 0.592. The number of nitrogens with one attached hydrogen (secondary N) is 1. The Labute approximate surface area is 90.9 Å². The van der Waals surface area contributed by atoms with E-state index < -0.39 is 0 Å². The summed E-state index contributed by atoms with van der Waals surface area (Å²) in [5, 5.41) is 12.1. The van der Waals surface area contributed by atoms with Crippen molar-refractivity contribution >= 4 is 0 Å². The quantitative estimate of drug-likeness (QED) is 0.752. The van der Waals surface area contributed by atoms with E-state index in [2.05, 4.69) is 17.3 Å². The van der Waals surface area contributed by atoms with E-state index in [1.807, 2.05) is 31.2 Å². The van der Waals surface area contributed by atoms with Crippen LogP contribution in [-0.4, -0.2) is 6.04 Å². The molecule has 1 aromatic carbocycles. The van der Waals surface area contributed by atoms with Crippen LogP contribution in [0.5, 0.6) is 0 Å². The number of terminal acetylenes is 1. The Hall–Kier alpha value is -1.77. The highest BCUT2D eigenvalue weighted by Crippen LogP contribution is 2.07. The molecule has 0 aliphatic rings. The molecule has 0 aliphatic heterocycles. The van der Waals surface area contributed by atoms with Crippen molar-refractivity contribution in [2.75, 3.05) is 0 Å². The molecule has 76 valence electrons. The molecule has 0 radical (unpaired) electrons. The average molecular weight is 198 g/mol. The summed E-state index contributed by atoms with van der Waals surface area (Å²) in [6.07, 6.45) is 6.23. The van der Waals surface area contributed by atoms with Gasteiger partial charge in [0.05, 0.1) is 17.7 Å². The first kappa shape index (κ1) is 11.3. The fourth-order valence-electron chi connectivity index (χ4n) is 1.34. The molecular formula is C13H14N2. The van der Waals surface area contributed by atoms with Crippen LogP contribution >= 0.6 is 0 Å². The molecular weight excluding hydrogens is 184 g/mol. The topological polar surface area (TPSA) is 35.8 Å². The Bertz CT molecular complexity index is 396. The Kier molecular flexibility index (Phi) is 4.41. The smallest absolute Gasteiger partial charge is 0.0995 e. The maximum absolute atomic E-state index is 8.88. The third-order valence-corrected chi connectivity index (χ3v) is 2.29. The van der Waals surface area contributed by atoms with E-state index in [1.54, 1.807) is 0 Å². The number of hydrogen-bond acceptors (Lipinski definition) is 2. The molecule has 2 heteroatoms. The molecule has 1 aromatic rings. The van der Waals surface area contributed by atoms with E-state index in [-0.39, 0.29) is 6.04 Å². The van der Waals surface area contributed by atoms with Crippen molar-refractivity contribution in [3.63, 3.8) is 0 Å². The minimum absolute atomic E-state index is 0.0803. The van der Waals surface area contributed by atoms with Crippen LogP contribution < -0.4 is 5.32 Å². The summed E-state index contributed by atoms with van der Waals surface area (Å²) in [6.45, 7) is 2.68. The number of benzene rings is 1. The lowest BCUT2D eigenvalue weighted by Crippen LogP contribution is -2.26. The summed E-state index contributed by atoms with van der Waals surface area (Å²) in [5.41, 5.74) is 1.70. The molecule has 0 aliphatic carbocycles. The van der Waals surface area contributed by atoms with Crippen molar-refractivity contribution in [2.45, 2.75) is 25.9 Å². The highest BCUT2D eigenvalue weighted by atomic mass is 14.9. The summed E-state index contributed by atoms with van der Waals surface area (Å²) in [7, 11) is 0. The second-order valence-corrected chi connectivity index (χ2v) is 3.28. The van der Waals surface area contributed by atoms with Crippen LogP contribution in [0.4, 0.5) is 0 Å². The predicted molar refractivity (Wildman–Crippen MR) is 60.9 cm³/mol. The normalized spacial score (nSPS) is 11.4. The molecule has 2 nitrogen and oxygen atoms in total. The van der Waals surface area contributed by atoms with Crippen molar-refractivity contribution in [2.24, 2.45) is 0 Å². The fraction of sp³-hybridized carbons (Fsp3) is 0.308. The van der Waals surface area contributed by atoms with Crippen LogP contribution in [0.25, 0.3) is 0 Å². The average Bonchev–Trinajstić information content (AvgIpc) is 2.31. The van der Waals surface area contributed by atoms with E-state index in [0.29, 0.717) is 12.1 Å². The van der Waals surface area contributed by atoms with Gasteiger partial charge in [-0.25, -0.2) is 0 Å². The molecule has 0 fully saturated rings. The predicted octanol–water partition coefficient (Wildman–Crippen LogP) is 2.06. The zero-order valence-electron chi connectivity index (χ0n) is 8.83. The van der Waals surface area contributed by atoms with Gasteiger partial charge in [0, 0.05) is 6.54 Å². The maximum atomic E-state index is 8.88.